The molecule has 3 rings (SSSR count). The number of hydrogen-bond acceptors (Lipinski definition) is 9. The lowest BCUT2D eigenvalue weighted by Crippen LogP contribution is -2.26. The second-order valence-electron chi connectivity index (χ2n) is 6.57. The fraction of sp³-hybridized carbons (Fsp3) is 0.300. The van der Waals surface area contributed by atoms with Gasteiger partial charge in [-0.15, -0.1) is 22.7 Å². The van der Waals surface area contributed by atoms with E-state index >= 15 is 0 Å². The highest BCUT2D eigenvalue weighted by Gasteiger charge is 2.23. The van der Waals surface area contributed by atoms with Crippen LogP contribution in [0.2, 0.25) is 0 Å². The molecule has 1 N–H and O–H groups in total. The van der Waals surface area contributed by atoms with E-state index < -0.39 is 5.97 Å². The average Bonchev–Trinajstić information content (AvgIpc) is 3.30. The quantitative estimate of drug-likeness (QED) is 0.555. The summed E-state index contributed by atoms with van der Waals surface area (Å²) >= 11 is 2.53. The van der Waals surface area contributed by atoms with Crippen molar-refractivity contribution in [2.45, 2.75) is 13.5 Å². The molecule has 0 radical (unpaired) electrons. The highest BCUT2D eigenvalue weighted by atomic mass is 32.1. The van der Waals surface area contributed by atoms with Crippen LogP contribution in [0.5, 0.6) is 0 Å². The van der Waals surface area contributed by atoms with Crippen LogP contribution < -0.4 is 5.32 Å². The number of ether oxygens (including phenoxy) is 2. The van der Waals surface area contributed by atoms with Crippen LogP contribution in [0, 0.1) is 6.92 Å². The van der Waals surface area contributed by atoms with Gasteiger partial charge in [0.05, 0.1) is 37.0 Å². The summed E-state index contributed by atoms with van der Waals surface area (Å²) in [5, 5.41) is 3.50. The first-order chi connectivity index (χ1) is 14.3. The third kappa shape index (κ3) is 4.84. The lowest BCUT2D eigenvalue weighted by atomic mass is 10.2. The summed E-state index contributed by atoms with van der Waals surface area (Å²) in [6.45, 7) is 2.48. The Morgan fingerprint density at radius 2 is 1.87 bits per heavy atom. The molecule has 1 amide bonds. The van der Waals surface area contributed by atoms with Crippen molar-refractivity contribution in [2.24, 2.45) is 0 Å². The largest absolute Gasteiger partial charge is 0.468 e. The molecule has 0 spiro atoms. The highest BCUT2D eigenvalue weighted by molar-refractivity contribution is 7.21. The highest BCUT2D eigenvalue weighted by Crippen LogP contribution is 2.36. The number of methoxy groups -OCH3 is 2. The molecule has 0 saturated heterocycles. The van der Waals surface area contributed by atoms with Crippen molar-refractivity contribution >= 4 is 56.4 Å². The Labute approximate surface area is 181 Å². The third-order valence-electron chi connectivity index (χ3n) is 4.25. The lowest BCUT2D eigenvalue weighted by Gasteiger charge is -2.14. The van der Waals surface area contributed by atoms with Crippen LogP contribution >= 0.6 is 22.7 Å². The lowest BCUT2D eigenvalue weighted by molar-refractivity contribution is -0.141. The topological polar surface area (TPSA) is 97.8 Å². The van der Waals surface area contributed by atoms with Gasteiger partial charge in [0, 0.05) is 16.8 Å². The van der Waals surface area contributed by atoms with Gasteiger partial charge >= 0.3 is 11.9 Å². The predicted molar refractivity (Wildman–Crippen MR) is 116 cm³/mol. The number of anilines is 1. The number of aromatic nitrogens is 1. The Morgan fingerprint density at radius 3 is 2.50 bits per heavy atom. The van der Waals surface area contributed by atoms with Gasteiger partial charge in [0.15, 0.2) is 0 Å². The fourth-order valence-corrected chi connectivity index (χ4v) is 4.64. The van der Waals surface area contributed by atoms with Gasteiger partial charge in [-0.1, -0.05) is 0 Å². The molecular formula is C20H21N3O5S2. The van der Waals surface area contributed by atoms with E-state index in [9.17, 15) is 14.4 Å². The van der Waals surface area contributed by atoms with Crippen LogP contribution in [0.15, 0.2) is 24.3 Å². The van der Waals surface area contributed by atoms with Crippen molar-refractivity contribution in [1.82, 2.24) is 9.88 Å². The Kier molecular flexibility index (Phi) is 6.80. The molecule has 0 aliphatic heterocycles. The number of fused-ring (bicyclic) bond motifs is 1. The smallest absolute Gasteiger partial charge is 0.350 e. The Morgan fingerprint density at radius 1 is 1.10 bits per heavy atom. The molecule has 3 aromatic heterocycles. The van der Waals surface area contributed by atoms with Gasteiger partial charge in [-0.25, -0.2) is 9.78 Å². The Bertz CT molecular complexity index is 1110. The van der Waals surface area contributed by atoms with Crippen LogP contribution in [0.1, 0.15) is 29.9 Å². The van der Waals surface area contributed by atoms with Crippen LogP contribution in [-0.4, -0.2) is 55.5 Å². The first-order valence-corrected chi connectivity index (χ1v) is 10.6. The number of carbonyl (C=O) groups excluding carboxylic acids is 3. The summed E-state index contributed by atoms with van der Waals surface area (Å²) in [7, 11) is 4.42. The van der Waals surface area contributed by atoms with Gasteiger partial charge in [-0.2, -0.15) is 0 Å². The van der Waals surface area contributed by atoms with E-state index in [0.717, 1.165) is 21.9 Å². The summed E-state index contributed by atoms with van der Waals surface area (Å²) < 4.78 is 9.56. The van der Waals surface area contributed by atoms with Crippen LogP contribution in [0.25, 0.3) is 10.2 Å². The van der Waals surface area contributed by atoms with Gasteiger partial charge in [0.1, 0.15) is 9.71 Å². The molecule has 0 atom stereocenters. The first kappa shape index (κ1) is 21.9. The normalized spacial score (nSPS) is 11.0. The second-order valence-corrected chi connectivity index (χ2v) is 8.85. The van der Waals surface area contributed by atoms with E-state index in [4.69, 9.17) is 4.74 Å². The maximum Gasteiger partial charge on any atom is 0.350 e. The molecule has 0 fully saturated rings. The zero-order valence-electron chi connectivity index (χ0n) is 17.0. The molecule has 0 aliphatic rings. The number of likely N-dealkylation sites (N-methyl/N-ethyl adjacent to an activating group) is 1. The molecule has 158 valence electrons. The van der Waals surface area contributed by atoms with Crippen molar-refractivity contribution in [3.05, 3.63) is 44.6 Å². The Hall–Kier alpha value is -2.82. The number of thiophene rings is 2. The van der Waals surface area contributed by atoms with Crippen LogP contribution in [0.4, 0.5) is 5.69 Å². The molecule has 10 heteroatoms. The average molecular weight is 448 g/mol. The molecule has 0 aliphatic carbocycles. The van der Waals surface area contributed by atoms with E-state index in [0.29, 0.717) is 27.3 Å². The molecule has 0 unspecified atom stereocenters. The molecule has 0 saturated carbocycles. The van der Waals surface area contributed by atoms with Gasteiger partial charge in [0.2, 0.25) is 0 Å². The number of pyridine rings is 1. The van der Waals surface area contributed by atoms with Crippen molar-refractivity contribution in [1.29, 1.82) is 0 Å². The maximum absolute atomic E-state index is 12.7. The van der Waals surface area contributed by atoms with E-state index in [2.05, 4.69) is 15.0 Å². The minimum Gasteiger partial charge on any atom is -0.468 e. The monoisotopic (exact) mass is 447 g/mol. The first-order valence-electron chi connectivity index (χ1n) is 8.96. The van der Waals surface area contributed by atoms with Gasteiger partial charge in [-0.3, -0.25) is 14.5 Å². The zero-order valence-corrected chi connectivity index (χ0v) is 18.6. The maximum atomic E-state index is 12.7. The molecule has 0 aromatic carbocycles. The van der Waals surface area contributed by atoms with Crippen molar-refractivity contribution in [3.8, 4) is 0 Å². The van der Waals surface area contributed by atoms with Crippen LogP contribution in [-0.2, 0) is 20.8 Å². The molecular weight excluding hydrogens is 426 g/mol. The molecule has 3 heterocycles. The number of aryl methyl sites for hydroxylation is 1. The van der Waals surface area contributed by atoms with Crippen molar-refractivity contribution in [2.75, 3.05) is 33.1 Å². The van der Waals surface area contributed by atoms with Crippen LogP contribution in [0.3, 0.4) is 0 Å². The van der Waals surface area contributed by atoms with Crippen molar-refractivity contribution in [3.63, 3.8) is 0 Å². The number of carbonyl (C=O) groups is 3. The predicted octanol–water partition coefficient (Wildman–Crippen LogP) is 3.31. The molecule has 3 aromatic rings. The zero-order chi connectivity index (χ0) is 21.8. The summed E-state index contributed by atoms with van der Waals surface area (Å²) in [6, 6.07) is 7.22. The molecule has 8 nitrogen and oxygen atoms in total. The van der Waals surface area contributed by atoms with Gasteiger partial charge in [-0.05, 0) is 38.2 Å². The minimum atomic E-state index is -0.542. The summed E-state index contributed by atoms with van der Waals surface area (Å²) in [4.78, 5) is 45.2. The van der Waals surface area contributed by atoms with E-state index in [1.807, 2.05) is 19.1 Å². The summed E-state index contributed by atoms with van der Waals surface area (Å²) in [5.74, 6) is -1.17. The van der Waals surface area contributed by atoms with E-state index in [1.165, 1.54) is 25.6 Å². The van der Waals surface area contributed by atoms with Crippen molar-refractivity contribution < 1.29 is 23.9 Å². The molecule has 30 heavy (non-hydrogen) atoms. The van der Waals surface area contributed by atoms with Gasteiger partial charge < -0.3 is 14.8 Å². The Balaban J connectivity index is 1.92. The fourth-order valence-electron chi connectivity index (χ4n) is 2.81. The number of rotatable bonds is 7. The number of esters is 2. The van der Waals surface area contributed by atoms with E-state index in [-0.39, 0.29) is 23.3 Å². The number of nitrogens with zero attached hydrogens (tertiary/aromatic N) is 2. The summed E-state index contributed by atoms with van der Waals surface area (Å²) in [6.07, 6.45) is 0. The minimum absolute atomic E-state index is 0.135. The third-order valence-corrected chi connectivity index (χ3v) is 6.32. The number of nitrogens with one attached hydrogen (secondary N) is 1. The van der Waals surface area contributed by atoms with Gasteiger partial charge in [0.25, 0.3) is 5.91 Å². The number of hydrogen-bond donors (Lipinski definition) is 1. The van der Waals surface area contributed by atoms with E-state index in [1.54, 1.807) is 24.1 Å². The SMILES string of the molecule is COC(=O)CN(C)Cc1ccc2c(NC(=O)c3ccc(C)s3)c(C(=O)OC)sc2n1. The standard InChI is InChI=1S/C20H21N3O5S2/c1-11-5-8-14(29-11)18(25)22-16-13-7-6-12(9-23(2)10-15(24)27-3)21-19(13)30-17(16)20(26)28-4/h5-8H,9-10H2,1-4H3,(H,22,25). The second kappa shape index (κ2) is 9.33. The number of amides is 1. The summed E-state index contributed by atoms with van der Waals surface area (Å²) in [5.41, 5.74) is 1.11. The molecule has 0 bridgehead atoms.